The van der Waals surface area contributed by atoms with Gasteiger partial charge in [-0.1, -0.05) is 6.07 Å². The molecule has 5 nitrogen and oxygen atoms in total. The van der Waals surface area contributed by atoms with E-state index in [1.807, 2.05) is 19.1 Å². The summed E-state index contributed by atoms with van der Waals surface area (Å²) in [4.78, 5) is 15.6. The number of rotatable bonds is 4. The van der Waals surface area contributed by atoms with E-state index in [0.29, 0.717) is 10.6 Å². The van der Waals surface area contributed by atoms with Crippen molar-refractivity contribution in [2.75, 3.05) is 11.1 Å². The van der Waals surface area contributed by atoms with Crippen molar-refractivity contribution in [3.63, 3.8) is 0 Å². The molecule has 0 aliphatic rings. The number of carbonyl (C=O) groups excluding carboxylic acids is 1. The van der Waals surface area contributed by atoms with Crippen LogP contribution in [0.4, 0.5) is 10.7 Å². The molecule has 94 valence electrons. The van der Waals surface area contributed by atoms with Gasteiger partial charge < -0.3 is 16.8 Å². The maximum Gasteiger partial charge on any atom is 0.260 e. The van der Waals surface area contributed by atoms with Gasteiger partial charge in [0.25, 0.3) is 5.91 Å². The molecule has 0 bridgehead atoms. The first-order valence-electron chi connectivity index (χ1n) is 5.43. The van der Waals surface area contributed by atoms with E-state index in [1.54, 1.807) is 18.5 Å². The minimum Gasteiger partial charge on any atom is -0.397 e. The molecule has 1 atom stereocenters. The van der Waals surface area contributed by atoms with Crippen LogP contribution in [0, 0.1) is 0 Å². The molecule has 1 unspecified atom stereocenters. The number of nitrogens with two attached hydrogens (primary N) is 2. The van der Waals surface area contributed by atoms with Crippen molar-refractivity contribution < 1.29 is 4.79 Å². The molecule has 0 radical (unpaired) electrons. The van der Waals surface area contributed by atoms with E-state index in [-0.39, 0.29) is 6.04 Å². The second kappa shape index (κ2) is 5.05. The van der Waals surface area contributed by atoms with E-state index in [4.69, 9.17) is 11.5 Å². The van der Waals surface area contributed by atoms with Crippen molar-refractivity contribution in [2.24, 2.45) is 5.73 Å². The Balaban J connectivity index is 2.15. The number of pyridine rings is 1. The molecule has 18 heavy (non-hydrogen) atoms. The van der Waals surface area contributed by atoms with Crippen LogP contribution in [0.3, 0.4) is 0 Å². The Kier molecular flexibility index (Phi) is 3.47. The highest BCUT2D eigenvalue weighted by molar-refractivity contribution is 7.18. The quantitative estimate of drug-likeness (QED) is 0.785. The number of primary amides is 1. The van der Waals surface area contributed by atoms with E-state index < -0.39 is 5.91 Å². The first kappa shape index (κ1) is 12.4. The van der Waals surface area contributed by atoms with Crippen LogP contribution >= 0.6 is 11.3 Å². The van der Waals surface area contributed by atoms with Crippen molar-refractivity contribution >= 4 is 27.9 Å². The average molecular weight is 262 g/mol. The van der Waals surface area contributed by atoms with Crippen LogP contribution in [0.2, 0.25) is 0 Å². The van der Waals surface area contributed by atoms with Gasteiger partial charge in [0, 0.05) is 12.4 Å². The molecule has 2 aromatic rings. The van der Waals surface area contributed by atoms with E-state index in [9.17, 15) is 4.79 Å². The fourth-order valence-corrected chi connectivity index (χ4v) is 2.52. The largest absolute Gasteiger partial charge is 0.397 e. The number of hydrogen-bond acceptors (Lipinski definition) is 5. The number of aromatic nitrogens is 1. The van der Waals surface area contributed by atoms with Crippen LogP contribution in [0.1, 0.15) is 28.2 Å². The fraction of sp³-hybridized carbons (Fsp3) is 0.167. The third-order valence-electron chi connectivity index (χ3n) is 2.53. The maximum absolute atomic E-state index is 11.1. The minimum atomic E-state index is -0.500. The SMILES string of the molecule is CC(Nc1cc(N)c(C(N)=O)s1)c1cccnc1. The number of amides is 1. The monoisotopic (exact) mass is 262 g/mol. The molecular formula is C12H14N4OS. The lowest BCUT2D eigenvalue weighted by molar-refractivity contribution is 0.100. The number of nitrogens with zero attached hydrogens (tertiary/aromatic N) is 1. The topological polar surface area (TPSA) is 94.0 Å². The lowest BCUT2D eigenvalue weighted by Crippen LogP contribution is -2.10. The van der Waals surface area contributed by atoms with Crippen LogP contribution in [0.15, 0.2) is 30.6 Å². The highest BCUT2D eigenvalue weighted by atomic mass is 32.1. The molecule has 5 N–H and O–H groups in total. The van der Waals surface area contributed by atoms with E-state index in [2.05, 4.69) is 10.3 Å². The van der Waals surface area contributed by atoms with Crippen molar-refractivity contribution in [1.29, 1.82) is 0 Å². The summed E-state index contributed by atoms with van der Waals surface area (Å²) >= 11 is 1.26. The van der Waals surface area contributed by atoms with Gasteiger partial charge in [-0.2, -0.15) is 0 Å². The van der Waals surface area contributed by atoms with Crippen LogP contribution in [-0.2, 0) is 0 Å². The summed E-state index contributed by atoms with van der Waals surface area (Å²) in [5.74, 6) is -0.500. The molecule has 0 spiro atoms. The summed E-state index contributed by atoms with van der Waals surface area (Å²) in [6.07, 6.45) is 3.52. The van der Waals surface area contributed by atoms with Crippen molar-refractivity contribution in [1.82, 2.24) is 4.98 Å². The zero-order chi connectivity index (χ0) is 13.1. The predicted molar refractivity (Wildman–Crippen MR) is 73.5 cm³/mol. The van der Waals surface area contributed by atoms with E-state index in [1.165, 1.54) is 11.3 Å². The molecule has 2 heterocycles. The van der Waals surface area contributed by atoms with Gasteiger partial charge in [-0.3, -0.25) is 9.78 Å². The Morgan fingerprint density at radius 2 is 2.33 bits per heavy atom. The molecule has 0 fully saturated rings. The Morgan fingerprint density at radius 3 is 2.89 bits per heavy atom. The first-order chi connectivity index (χ1) is 8.58. The van der Waals surface area contributed by atoms with Crippen LogP contribution in [0.5, 0.6) is 0 Å². The normalized spacial score (nSPS) is 12.1. The van der Waals surface area contributed by atoms with Crippen molar-refractivity contribution in [3.8, 4) is 0 Å². The number of anilines is 2. The summed E-state index contributed by atoms with van der Waals surface area (Å²) in [6, 6.07) is 5.66. The van der Waals surface area contributed by atoms with E-state index in [0.717, 1.165) is 10.6 Å². The number of hydrogen-bond donors (Lipinski definition) is 3. The lowest BCUT2D eigenvalue weighted by Gasteiger charge is -2.13. The lowest BCUT2D eigenvalue weighted by atomic mass is 10.1. The summed E-state index contributed by atoms with van der Waals surface area (Å²) < 4.78 is 0. The molecule has 0 saturated heterocycles. The molecule has 0 aliphatic carbocycles. The Labute approximate surface area is 109 Å². The fourth-order valence-electron chi connectivity index (χ4n) is 1.60. The molecule has 0 aliphatic heterocycles. The molecule has 6 heteroatoms. The van der Waals surface area contributed by atoms with Gasteiger partial charge in [0.1, 0.15) is 4.88 Å². The van der Waals surface area contributed by atoms with Crippen LogP contribution in [0.25, 0.3) is 0 Å². The summed E-state index contributed by atoms with van der Waals surface area (Å²) in [5.41, 5.74) is 12.4. The van der Waals surface area contributed by atoms with E-state index >= 15 is 0 Å². The number of thiophene rings is 1. The van der Waals surface area contributed by atoms with Gasteiger partial charge in [-0.15, -0.1) is 11.3 Å². The van der Waals surface area contributed by atoms with Crippen molar-refractivity contribution in [2.45, 2.75) is 13.0 Å². The van der Waals surface area contributed by atoms with Gasteiger partial charge in [0.05, 0.1) is 16.7 Å². The average Bonchev–Trinajstić information content (AvgIpc) is 2.71. The second-order valence-corrected chi connectivity index (χ2v) is 4.96. The molecule has 2 aromatic heterocycles. The first-order valence-corrected chi connectivity index (χ1v) is 6.25. The van der Waals surface area contributed by atoms with Crippen molar-refractivity contribution in [3.05, 3.63) is 41.0 Å². The van der Waals surface area contributed by atoms with Gasteiger partial charge in [0.2, 0.25) is 0 Å². The maximum atomic E-state index is 11.1. The minimum absolute atomic E-state index is 0.0810. The highest BCUT2D eigenvalue weighted by Crippen LogP contribution is 2.31. The zero-order valence-electron chi connectivity index (χ0n) is 9.88. The standard InChI is InChI=1S/C12H14N4OS/c1-7(8-3-2-4-15-6-8)16-10-5-9(13)11(18-10)12(14)17/h2-7,16H,13H2,1H3,(H2,14,17). The Hall–Kier alpha value is -2.08. The third kappa shape index (κ3) is 2.60. The number of nitrogen functional groups attached to an aromatic ring is 1. The molecule has 0 aromatic carbocycles. The number of nitrogens with one attached hydrogen (secondary N) is 1. The summed E-state index contributed by atoms with van der Waals surface area (Å²) in [6.45, 7) is 2.01. The number of carbonyl (C=O) groups is 1. The second-order valence-electron chi connectivity index (χ2n) is 3.91. The van der Waals surface area contributed by atoms with Gasteiger partial charge in [-0.25, -0.2) is 0 Å². The Morgan fingerprint density at radius 1 is 1.56 bits per heavy atom. The predicted octanol–water partition coefficient (Wildman–Crippen LogP) is 2.00. The molecular weight excluding hydrogens is 248 g/mol. The highest BCUT2D eigenvalue weighted by Gasteiger charge is 2.13. The molecule has 1 amide bonds. The smallest absolute Gasteiger partial charge is 0.260 e. The summed E-state index contributed by atoms with van der Waals surface area (Å²) in [5, 5.41) is 4.08. The zero-order valence-corrected chi connectivity index (χ0v) is 10.7. The molecule has 0 saturated carbocycles. The van der Waals surface area contributed by atoms with Crippen LogP contribution in [-0.4, -0.2) is 10.9 Å². The molecule has 2 rings (SSSR count). The van der Waals surface area contributed by atoms with Gasteiger partial charge in [0.15, 0.2) is 0 Å². The summed E-state index contributed by atoms with van der Waals surface area (Å²) in [7, 11) is 0. The van der Waals surface area contributed by atoms with Gasteiger partial charge in [-0.05, 0) is 24.6 Å². The van der Waals surface area contributed by atoms with Gasteiger partial charge >= 0.3 is 0 Å². The third-order valence-corrected chi connectivity index (χ3v) is 3.62. The van der Waals surface area contributed by atoms with Crippen LogP contribution < -0.4 is 16.8 Å². The Bertz CT molecular complexity index is 552.